The third-order valence-corrected chi connectivity index (χ3v) is 3.48. The van der Waals surface area contributed by atoms with Crippen LogP contribution in [0.1, 0.15) is 19.4 Å². The van der Waals surface area contributed by atoms with Crippen LogP contribution >= 0.6 is 35.6 Å². The summed E-state index contributed by atoms with van der Waals surface area (Å²) in [5.41, 5.74) is 1.07. The first-order chi connectivity index (χ1) is 11.6. The number of nitrogens with zero attached hydrogens (tertiary/aromatic N) is 3. The van der Waals surface area contributed by atoms with E-state index in [0.29, 0.717) is 18.1 Å². The van der Waals surface area contributed by atoms with Crippen LogP contribution in [0.2, 0.25) is 5.02 Å². The molecular formula is C17H25ClIN5O. The molecule has 0 aliphatic heterocycles. The van der Waals surface area contributed by atoms with Gasteiger partial charge >= 0.3 is 0 Å². The number of aryl methyl sites for hydroxylation is 1. The summed E-state index contributed by atoms with van der Waals surface area (Å²) in [6.07, 6.45) is 3.77. The maximum absolute atomic E-state index is 5.87. The van der Waals surface area contributed by atoms with Crippen LogP contribution < -0.4 is 15.4 Å². The van der Waals surface area contributed by atoms with E-state index in [2.05, 4.69) is 20.7 Å². The molecule has 8 heteroatoms. The van der Waals surface area contributed by atoms with Crippen molar-refractivity contribution in [1.29, 1.82) is 0 Å². The zero-order valence-electron chi connectivity index (χ0n) is 14.7. The fraction of sp³-hybridized carbons (Fsp3) is 0.412. The third kappa shape index (κ3) is 7.96. The molecule has 2 rings (SSSR count). The van der Waals surface area contributed by atoms with Gasteiger partial charge in [-0.25, -0.2) is 4.99 Å². The Bertz CT molecular complexity index is 659. The molecule has 138 valence electrons. The maximum Gasteiger partial charge on any atom is 0.191 e. The second kappa shape index (κ2) is 11.2. The van der Waals surface area contributed by atoms with E-state index in [9.17, 15) is 0 Å². The summed E-state index contributed by atoms with van der Waals surface area (Å²) in [5.74, 6) is 1.55. The fourth-order valence-corrected chi connectivity index (χ4v) is 2.22. The van der Waals surface area contributed by atoms with Crippen LogP contribution in [0.3, 0.4) is 0 Å². The Hall–Kier alpha value is -1.48. The lowest BCUT2D eigenvalue weighted by atomic mass is 10.3. The standard InChI is InChI=1S/C17H24ClN5O.HI/c1-4-19-17(21-10-14-11-22-23(3)12-14)20-9-13(2)24-16-7-5-15(18)6-8-16;/h5-8,11-13H,4,9-10H2,1-3H3,(H2,19,20,21);1H. The molecular weight excluding hydrogens is 453 g/mol. The van der Waals surface area contributed by atoms with Crippen molar-refractivity contribution in [3.8, 4) is 5.75 Å². The van der Waals surface area contributed by atoms with Crippen molar-refractivity contribution in [1.82, 2.24) is 20.4 Å². The van der Waals surface area contributed by atoms with Crippen LogP contribution in [0.15, 0.2) is 41.7 Å². The molecule has 0 radical (unpaired) electrons. The number of hydrogen-bond acceptors (Lipinski definition) is 3. The number of aromatic nitrogens is 2. The molecule has 0 saturated heterocycles. The number of halogens is 2. The van der Waals surface area contributed by atoms with Gasteiger partial charge in [-0.05, 0) is 38.1 Å². The Kier molecular flexibility index (Phi) is 9.66. The average Bonchev–Trinajstić information content (AvgIpc) is 2.98. The Morgan fingerprint density at radius 2 is 2.04 bits per heavy atom. The second-order valence-electron chi connectivity index (χ2n) is 5.48. The van der Waals surface area contributed by atoms with Crippen LogP contribution in [0.5, 0.6) is 5.75 Å². The summed E-state index contributed by atoms with van der Waals surface area (Å²) in [5, 5.41) is 11.4. The van der Waals surface area contributed by atoms with Crippen molar-refractivity contribution >= 4 is 41.5 Å². The molecule has 25 heavy (non-hydrogen) atoms. The summed E-state index contributed by atoms with van der Waals surface area (Å²) < 4.78 is 7.62. The van der Waals surface area contributed by atoms with E-state index in [1.807, 2.05) is 57.6 Å². The Morgan fingerprint density at radius 1 is 1.32 bits per heavy atom. The van der Waals surface area contributed by atoms with Crippen LogP contribution in [0, 0.1) is 0 Å². The summed E-state index contributed by atoms with van der Waals surface area (Å²) in [7, 11) is 1.90. The molecule has 1 aromatic carbocycles. The lowest BCUT2D eigenvalue weighted by Crippen LogP contribution is -2.41. The zero-order valence-corrected chi connectivity index (χ0v) is 17.8. The van der Waals surface area contributed by atoms with Gasteiger partial charge in [-0.1, -0.05) is 11.6 Å². The molecule has 0 saturated carbocycles. The Labute approximate surface area is 171 Å². The van der Waals surface area contributed by atoms with Gasteiger partial charge in [-0.15, -0.1) is 24.0 Å². The summed E-state index contributed by atoms with van der Waals surface area (Å²) >= 11 is 5.87. The first kappa shape index (κ1) is 21.6. The van der Waals surface area contributed by atoms with E-state index in [0.717, 1.165) is 23.8 Å². The van der Waals surface area contributed by atoms with Gasteiger partial charge in [0, 0.05) is 30.4 Å². The quantitative estimate of drug-likeness (QED) is 0.365. The van der Waals surface area contributed by atoms with Gasteiger partial charge in [0.25, 0.3) is 0 Å². The van der Waals surface area contributed by atoms with Crippen LogP contribution in [-0.4, -0.2) is 34.9 Å². The normalized spacial score (nSPS) is 12.2. The smallest absolute Gasteiger partial charge is 0.191 e. The fourth-order valence-electron chi connectivity index (χ4n) is 2.09. The molecule has 0 spiro atoms. The molecule has 0 bridgehead atoms. The predicted molar refractivity (Wildman–Crippen MR) is 113 cm³/mol. The number of ether oxygens (including phenoxy) is 1. The van der Waals surface area contributed by atoms with Crippen molar-refractivity contribution in [2.75, 3.05) is 13.1 Å². The molecule has 1 unspecified atom stereocenters. The largest absolute Gasteiger partial charge is 0.489 e. The monoisotopic (exact) mass is 477 g/mol. The molecule has 6 nitrogen and oxygen atoms in total. The topological polar surface area (TPSA) is 63.5 Å². The number of rotatable bonds is 7. The maximum atomic E-state index is 5.87. The second-order valence-corrected chi connectivity index (χ2v) is 5.92. The number of benzene rings is 1. The molecule has 0 amide bonds. The molecule has 0 aliphatic rings. The first-order valence-electron chi connectivity index (χ1n) is 7.98. The van der Waals surface area contributed by atoms with Crippen molar-refractivity contribution in [3.63, 3.8) is 0 Å². The summed E-state index contributed by atoms with van der Waals surface area (Å²) in [6.45, 7) is 6.06. The summed E-state index contributed by atoms with van der Waals surface area (Å²) in [4.78, 5) is 4.56. The number of nitrogens with one attached hydrogen (secondary N) is 2. The Balaban J connectivity index is 0.00000312. The predicted octanol–water partition coefficient (Wildman–Crippen LogP) is 3.21. The van der Waals surface area contributed by atoms with E-state index in [-0.39, 0.29) is 30.1 Å². The van der Waals surface area contributed by atoms with E-state index in [4.69, 9.17) is 16.3 Å². The third-order valence-electron chi connectivity index (χ3n) is 3.23. The molecule has 2 aromatic rings. The highest BCUT2D eigenvalue weighted by molar-refractivity contribution is 14.0. The first-order valence-corrected chi connectivity index (χ1v) is 8.36. The molecule has 1 heterocycles. The number of aliphatic imine (C=N–C) groups is 1. The van der Waals surface area contributed by atoms with Gasteiger partial charge in [-0.2, -0.15) is 5.10 Å². The highest BCUT2D eigenvalue weighted by Crippen LogP contribution is 2.16. The minimum Gasteiger partial charge on any atom is -0.489 e. The molecule has 2 N–H and O–H groups in total. The minimum atomic E-state index is -0.00609. The van der Waals surface area contributed by atoms with Gasteiger partial charge < -0.3 is 15.4 Å². The lowest BCUT2D eigenvalue weighted by Gasteiger charge is -2.17. The van der Waals surface area contributed by atoms with E-state index >= 15 is 0 Å². The lowest BCUT2D eigenvalue weighted by molar-refractivity contribution is 0.224. The SMILES string of the molecule is CCNC(=NCc1cnn(C)c1)NCC(C)Oc1ccc(Cl)cc1.I. The minimum absolute atomic E-state index is 0. The van der Waals surface area contributed by atoms with Crippen molar-refractivity contribution in [2.45, 2.75) is 26.5 Å². The zero-order chi connectivity index (χ0) is 17.4. The van der Waals surface area contributed by atoms with Gasteiger partial charge in [0.15, 0.2) is 5.96 Å². The van der Waals surface area contributed by atoms with Gasteiger partial charge in [0.2, 0.25) is 0 Å². The van der Waals surface area contributed by atoms with E-state index in [1.54, 1.807) is 4.68 Å². The molecule has 0 fully saturated rings. The van der Waals surface area contributed by atoms with Gasteiger partial charge in [0.1, 0.15) is 11.9 Å². The number of guanidine groups is 1. The molecule has 1 atom stereocenters. The highest BCUT2D eigenvalue weighted by Gasteiger charge is 2.06. The average molecular weight is 478 g/mol. The van der Waals surface area contributed by atoms with E-state index < -0.39 is 0 Å². The number of hydrogen-bond donors (Lipinski definition) is 2. The highest BCUT2D eigenvalue weighted by atomic mass is 127. The van der Waals surface area contributed by atoms with Crippen molar-refractivity contribution in [3.05, 3.63) is 47.2 Å². The van der Waals surface area contributed by atoms with Gasteiger partial charge in [0.05, 0.1) is 19.3 Å². The van der Waals surface area contributed by atoms with Crippen molar-refractivity contribution < 1.29 is 4.74 Å². The molecule has 1 aromatic heterocycles. The van der Waals surface area contributed by atoms with Crippen LogP contribution in [0.25, 0.3) is 0 Å². The van der Waals surface area contributed by atoms with Crippen LogP contribution in [0.4, 0.5) is 0 Å². The Morgan fingerprint density at radius 3 is 2.64 bits per heavy atom. The van der Waals surface area contributed by atoms with Crippen molar-refractivity contribution in [2.24, 2.45) is 12.0 Å². The molecule has 0 aliphatic carbocycles. The van der Waals surface area contributed by atoms with E-state index in [1.165, 1.54) is 0 Å². The summed E-state index contributed by atoms with van der Waals surface area (Å²) in [6, 6.07) is 7.36. The van der Waals surface area contributed by atoms with Gasteiger partial charge in [-0.3, -0.25) is 4.68 Å². The van der Waals surface area contributed by atoms with Crippen LogP contribution in [-0.2, 0) is 13.6 Å².